The highest BCUT2D eigenvalue weighted by molar-refractivity contribution is 7.89. The second-order valence-corrected chi connectivity index (χ2v) is 8.26. The van der Waals surface area contributed by atoms with Crippen molar-refractivity contribution in [3.8, 4) is 0 Å². The number of sulfonamides is 1. The standard InChI is InChI=1S/C17H25NO4S/c1-11-10-12(2)14(4)15(13(11)3)23(21,22)18-17(16(19)20)8-6-5-7-9-17/h10,18H,5-9H2,1-4H3,(H,19,20). The maximum absolute atomic E-state index is 13.0. The minimum atomic E-state index is -3.90. The van der Waals surface area contributed by atoms with Gasteiger partial charge in [-0.3, -0.25) is 4.79 Å². The van der Waals surface area contributed by atoms with Crippen LogP contribution in [-0.4, -0.2) is 25.0 Å². The van der Waals surface area contributed by atoms with Crippen molar-refractivity contribution in [1.82, 2.24) is 4.72 Å². The number of aliphatic carboxylic acids is 1. The van der Waals surface area contributed by atoms with Crippen molar-refractivity contribution in [2.45, 2.75) is 70.2 Å². The highest BCUT2D eigenvalue weighted by Gasteiger charge is 2.43. The molecule has 0 spiro atoms. The van der Waals surface area contributed by atoms with Gasteiger partial charge in [0, 0.05) is 0 Å². The number of hydrogen-bond donors (Lipinski definition) is 2. The van der Waals surface area contributed by atoms with Gasteiger partial charge in [0.1, 0.15) is 5.54 Å². The minimum Gasteiger partial charge on any atom is -0.480 e. The molecule has 0 heterocycles. The van der Waals surface area contributed by atoms with E-state index >= 15 is 0 Å². The van der Waals surface area contributed by atoms with Crippen LogP contribution >= 0.6 is 0 Å². The molecule has 0 atom stereocenters. The van der Waals surface area contributed by atoms with Crippen molar-refractivity contribution in [1.29, 1.82) is 0 Å². The molecule has 5 nitrogen and oxygen atoms in total. The van der Waals surface area contributed by atoms with Crippen LogP contribution in [-0.2, 0) is 14.8 Å². The molecule has 0 radical (unpaired) electrons. The lowest BCUT2D eigenvalue weighted by Crippen LogP contribution is -2.55. The van der Waals surface area contributed by atoms with E-state index in [9.17, 15) is 18.3 Å². The Morgan fingerprint density at radius 1 is 1.04 bits per heavy atom. The van der Waals surface area contributed by atoms with E-state index in [4.69, 9.17) is 0 Å². The molecule has 0 amide bonds. The first-order valence-corrected chi connectivity index (χ1v) is 9.44. The highest BCUT2D eigenvalue weighted by atomic mass is 32.2. The smallest absolute Gasteiger partial charge is 0.324 e. The summed E-state index contributed by atoms with van der Waals surface area (Å²) >= 11 is 0. The Hall–Kier alpha value is -1.40. The maximum Gasteiger partial charge on any atom is 0.324 e. The number of carboxylic acids is 1. The second-order valence-electron chi connectivity index (χ2n) is 6.64. The summed E-state index contributed by atoms with van der Waals surface area (Å²) in [6.45, 7) is 7.28. The summed E-state index contributed by atoms with van der Waals surface area (Å²) in [6, 6.07) is 1.96. The predicted octanol–water partition coefficient (Wildman–Crippen LogP) is 2.99. The van der Waals surface area contributed by atoms with Crippen LogP contribution in [0.1, 0.15) is 54.4 Å². The molecule has 2 N–H and O–H groups in total. The Morgan fingerprint density at radius 2 is 1.52 bits per heavy atom. The number of rotatable bonds is 4. The average molecular weight is 339 g/mol. The largest absolute Gasteiger partial charge is 0.480 e. The molecule has 0 saturated heterocycles. The van der Waals surface area contributed by atoms with E-state index in [0.717, 1.165) is 30.4 Å². The van der Waals surface area contributed by atoms with Crippen molar-refractivity contribution in [3.63, 3.8) is 0 Å². The number of benzene rings is 1. The van der Waals surface area contributed by atoms with Gasteiger partial charge in [-0.1, -0.05) is 25.3 Å². The molecule has 1 fully saturated rings. The van der Waals surface area contributed by atoms with Gasteiger partial charge in [0.15, 0.2) is 0 Å². The van der Waals surface area contributed by atoms with Crippen LogP contribution < -0.4 is 4.72 Å². The SMILES string of the molecule is Cc1cc(C)c(C)c(S(=O)(=O)NC2(C(=O)O)CCCCC2)c1C. The third-order valence-corrected chi connectivity index (χ3v) is 6.82. The first-order chi connectivity index (χ1) is 10.6. The molecule has 1 aromatic rings. The van der Waals surface area contributed by atoms with Gasteiger partial charge in [-0.2, -0.15) is 4.72 Å². The van der Waals surface area contributed by atoms with E-state index in [2.05, 4.69) is 4.72 Å². The molecule has 1 aliphatic carbocycles. The number of nitrogens with one attached hydrogen (secondary N) is 1. The Balaban J connectivity index is 2.53. The van der Waals surface area contributed by atoms with Gasteiger partial charge < -0.3 is 5.11 Å². The highest BCUT2D eigenvalue weighted by Crippen LogP contribution is 2.32. The molecule has 2 rings (SSSR count). The summed E-state index contributed by atoms with van der Waals surface area (Å²) in [5.74, 6) is -1.08. The number of carbonyl (C=O) groups is 1. The summed E-state index contributed by atoms with van der Waals surface area (Å²) in [5, 5.41) is 9.62. The number of aryl methyl sites for hydroxylation is 2. The van der Waals surface area contributed by atoms with E-state index in [1.807, 2.05) is 19.9 Å². The molecule has 1 aliphatic rings. The van der Waals surface area contributed by atoms with Crippen LogP contribution in [0.2, 0.25) is 0 Å². The summed E-state index contributed by atoms with van der Waals surface area (Å²) < 4.78 is 28.5. The lowest BCUT2D eigenvalue weighted by molar-refractivity contribution is -0.145. The fourth-order valence-corrected chi connectivity index (χ4v) is 5.44. The zero-order valence-electron chi connectivity index (χ0n) is 14.2. The Kier molecular flexibility index (Phi) is 4.87. The normalized spacial score (nSPS) is 17.9. The van der Waals surface area contributed by atoms with Gasteiger partial charge >= 0.3 is 5.97 Å². The molecule has 1 aromatic carbocycles. The van der Waals surface area contributed by atoms with Crippen LogP contribution in [0.25, 0.3) is 0 Å². The summed E-state index contributed by atoms with van der Waals surface area (Å²) in [5.41, 5.74) is 1.75. The van der Waals surface area contributed by atoms with Gasteiger partial charge in [0.05, 0.1) is 4.90 Å². The first-order valence-electron chi connectivity index (χ1n) is 7.95. The van der Waals surface area contributed by atoms with Crippen molar-refractivity contribution in [2.75, 3.05) is 0 Å². The Labute approximate surface area is 138 Å². The average Bonchev–Trinajstić information content (AvgIpc) is 2.45. The Morgan fingerprint density at radius 3 is 1.96 bits per heavy atom. The lowest BCUT2D eigenvalue weighted by Gasteiger charge is -2.34. The summed E-state index contributed by atoms with van der Waals surface area (Å²) in [4.78, 5) is 12.0. The van der Waals surface area contributed by atoms with Gasteiger partial charge in [-0.05, 0) is 62.8 Å². The topological polar surface area (TPSA) is 83.5 Å². The molecule has 0 aliphatic heterocycles. The van der Waals surface area contributed by atoms with E-state index in [1.165, 1.54) is 0 Å². The predicted molar refractivity (Wildman–Crippen MR) is 89.2 cm³/mol. The monoisotopic (exact) mass is 339 g/mol. The third kappa shape index (κ3) is 3.28. The lowest BCUT2D eigenvalue weighted by atomic mass is 9.83. The van der Waals surface area contributed by atoms with Crippen LogP contribution in [0.4, 0.5) is 0 Å². The molecule has 128 valence electrons. The third-order valence-electron chi connectivity index (χ3n) is 5.01. The molecule has 6 heteroatoms. The van der Waals surface area contributed by atoms with Gasteiger partial charge in [0.2, 0.25) is 10.0 Å². The zero-order chi connectivity index (χ0) is 17.4. The van der Waals surface area contributed by atoms with Gasteiger partial charge in [0.25, 0.3) is 0 Å². The molecule has 0 unspecified atom stereocenters. The fraction of sp³-hybridized carbons (Fsp3) is 0.588. The maximum atomic E-state index is 13.0. The van der Waals surface area contributed by atoms with Crippen LogP contribution in [0, 0.1) is 27.7 Å². The van der Waals surface area contributed by atoms with Crippen molar-refractivity contribution >= 4 is 16.0 Å². The van der Waals surface area contributed by atoms with E-state index in [0.29, 0.717) is 24.0 Å². The summed E-state index contributed by atoms with van der Waals surface area (Å²) in [6.07, 6.45) is 3.06. The minimum absolute atomic E-state index is 0.223. The van der Waals surface area contributed by atoms with E-state index in [1.54, 1.807) is 13.8 Å². The quantitative estimate of drug-likeness (QED) is 0.883. The van der Waals surface area contributed by atoms with E-state index in [-0.39, 0.29) is 4.90 Å². The fourth-order valence-electron chi connectivity index (χ4n) is 3.41. The van der Waals surface area contributed by atoms with Crippen molar-refractivity contribution in [3.05, 3.63) is 28.3 Å². The summed E-state index contributed by atoms with van der Waals surface area (Å²) in [7, 11) is -3.90. The molecule has 0 aromatic heterocycles. The van der Waals surface area contributed by atoms with Crippen LogP contribution in [0.15, 0.2) is 11.0 Å². The molecular weight excluding hydrogens is 314 g/mol. The van der Waals surface area contributed by atoms with Crippen LogP contribution in [0.5, 0.6) is 0 Å². The van der Waals surface area contributed by atoms with Gasteiger partial charge in [-0.15, -0.1) is 0 Å². The molecule has 23 heavy (non-hydrogen) atoms. The van der Waals surface area contributed by atoms with E-state index < -0.39 is 21.5 Å². The molecule has 0 bridgehead atoms. The first kappa shape index (κ1) is 17.9. The van der Waals surface area contributed by atoms with Gasteiger partial charge in [-0.25, -0.2) is 8.42 Å². The second kappa shape index (κ2) is 6.24. The molecule has 1 saturated carbocycles. The molecular formula is C17H25NO4S. The zero-order valence-corrected chi connectivity index (χ0v) is 15.0. The van der Waals surface area contributed by atoms with Crippen LogP contribution in [0.3, 0.4) is 0 Å². The Bertz CT molecular complexity index is 705. The van der Waals surface area contributed by atoms with Crippen molar-refractivity contribution in [2.24, 2.45) is 0 Å². The number of hydrogen-bond acceptors (Lipinski definition) is 3. The number of carboxylic acid groups (broad SMARTS) is 1. The van der Waals surface area contributed by atoms with Crippen molar-refractivity contribution < 1.29 is 18.3 Å².